The molecule has 0 spiro atoms. The highest BCUT2D eigenvalue weighted by Crippen LogP contribution is 2.21. The van der Waals surface area contributed by atoms with Gasteiger partial charge in [-0.2, -0.15) is 0 Å². The van der Waals surface area contributed by atoms with Gasteiger partial charge in [0, 0.05) is 30.4 Å². The van der Waals surface area contributed by atoms with Crippen LogP contribution in [0.15, 0.2) is 22.7 Å². The minimum Gasteiger partial charge on any atom is -0.478 e. The number of methoxy groups -OCH3 is 1. The van der Waals surface area contributed by atoms with Crippen LogP contribution in [0.2, 0.25) is 0 Å². The molecule has 0 amide bonds. The van der Waals surface area contributed by atoms with Gasteiger partial charge in [-0.15, -0.1) is 0 Å². The maximum absolute atomic E-state index is 11.0. The third kappa shape index (κ3) is 4.75. The monoisotopic (exact) mass is 301 g/mol. The van der Waals surface area contributed by atoms with Crippen LogP contribution >= 0.6 is 15.9 Å². The molecule has 0 radical (unpaired) electrons. The van der Waals surface area contributed by atoms with Gasteiger partial charge in [-0.05, 0) is 31.0 Å². The Balaban J connectivity index is 2.56. The fourth-order valence-electron chi connectivity index (χ4n) is 1.44. The van der Waals surface area contributed by atoms with Crippen molar-refractivity contribution in [2.45, 2.75) is 12.8 Å². The van der Waals surface area contributed by atoms with Crippen LogP contribution in [0.5, 0.6) is 0 Å². The van der Waals surface area contributed by atoms with Crippen LogP contribution in [0.4, 0.5) is 5.69 Å². The number of benzene rings is 1. The predicted molar refractivity (Wildman–Crippen MR) is 70.7 cm³/mol. The largest absolute Gasteiger partial charge is 0.478 e. The first kappa shape index (κ1) is 14.0. The third-order valence-corrected chi connectivity index (χ3v) is 2.80. The number of nitrogens with one attached hydrogen (secondary N) is 1. The first-order valence-electron chi connectivity index (χ1n) is 5.41. The summed E-state index contributed by atoms with van der Waals surface area (Å²) >= 11 is 3.33. The molecule has 1 aromatic carbocycles. The van der Waals surface area contributed by atoms with Crippen LogP contribution in [-0.2, 0) is 4.74 Å². The molecule has 0 unspecified atom stereocenters. The lowest BCUT2D eigenvalue weighted by molar-refractivity contribution is 0.0698. The molecule has 17 heavy (non-hydrogen) atoms. The number of hydrogen-bond acceptors (Lipinski definition) is 3. The summed E-state index contributed by atoms with van der Waals surface area (Å²) in [6, 6.07) is 5.09. The van der Waals surface area contributed by atoms with E-state index in [1.807, 2.05) is 0 Å². The Labute approximate surface area is 109 Å². The number of carboxylic acids is 1. The molecule has 0 bridgehead atoms. The van der Waals surface area contributed by atoms with Crippen molar-refractivity contribution in [3.63, 3.8) is 0 Å². The number of unbranched alkanes of at least 4 members (excludes halogenated alkanes) is 1. The van der Waals surface area contributed by atoms with E-state index in [9.17, 15) is 4.79 Å². The van der Waals surface area contributed by atoms with Gasteiger partial charge in [0.25, 0.3) is 0 Å². The highest BCUT2D eigenvalue weighted by Gasteiger charge is 2.09. The van der Waals surface area contributed by atoms with E-state index in [2.05, 4.69) is 21.2 Å². The van der Waals surface area contributed by atoms with Crippen LogP contribution in [-0.4, -0.2) is 31.3 Å². The molecule has 1 aromatic rings. The van der Waals surface area contributed by atoms with Crippen molar-refractivity contribution in [1.82, 2.24) is 0 Å². The van der Waals surface area contributed by atoms with Crippen LogP contribution in [0.25, 0.3) is 0 Å². The van der Waals surface area contributed by atoms with Gasteiger partial charge in [0.2, 0.25) is 0 Å². The normalized spacial score (nSPS) is 10.2. The first-order valence-corrected chi connectivity index (χ1v) is 6.20. The lowest BCUT2D eigenvalue weighted by Gasteiger charge is -2.09. The lowest BCUT2D eigenvalue weighted by Crippen LogP contribution is -2.08. The lowest BCUT2D eigenvalue weighted by atomic mass is 10.1. The predicted octanol–water partition coefficient (Wildman–Crippen LogP) is 2.99. The molecule has 0 aliphatic carbocycles. The van der Waals surface area contributed by atoms with E-state index in [0.29, 0.717) is 11.3 Å². The summed E-state index contributed by atoms with van der Waals surface area (Å²) in [5.41, 5.74) is 0.934. The number of carboxylic acid groups (broad SMARTS) is 1. The van der Waals surface area contributed by atoms with Gasteiger partial charge in [-0.25, -0.2) is 4.79 Å². The quantitative estimate of drug-likeness (QED) is 0.760. The second-order valence-electron chi connectivity index (χ2n) is 3.62. The Morgan fingerprint density at radius 1 is 1.47 bits per heavy atom. The summed E-state index contributed by atoms with van der Waals surface area (Å²) in [6.07, 6.45) is 1.90. The van der Waals surface area contributed by atoms with E-state index < -0.39 is 5.97 Å². The van der Waals surface area contributed by atoms with E-state index in [1.165, 1.54) is 0 Å². The zero-order chi connectivity index (χ0) is 12.7. The maximum atomic E-state index is 11.0. The standard InChI is InChI=1S/C12H16BrNO3/c1-17-7-3-2-6-14-11-8-9(13)4-5-10(11)12(15)16/h4-5,8,14H,2-3,6-7H2,1H3,(H,15,16). The molecule has 1 rings (SSSR count). The summed E-state index contributed by atoms with van der Waals surface area (Å²) < 4.78 is 5.81. The minimum absolute atomic E-state index is 0.292. The van der Waals surface area contributed by atoms with Crippen LogP contribution in [0.1, 0.15) is 23.2 Å². The van der Waals surface area contributed by atoms with Crippen molar-refractivity contribution in [3.05, 3.63) is 28.2 Å². The molecule has 5 heteroatoms. The molecule has 0 fully saturated rings. The summed E-state index contributed by atoms with van der Waals surface area (Å²) in [5.74, 6) is -0.920. The molecule has 4 nitrogen and oxygen atoms in total. The van der Waals surface area contributed by atoms with Gasteiger partial charge in [0.05, 0.1) is 5.56 Å². The summed E-state index contributed by atoms with van der Waals surface area (Å²) in [4.78, 5) is 11.0. The SMILES string of the molecule is COCCCCNc1cc(Br)ccc1C(=O)O. The topological polar surface area (TPSA) is 58.6 Å². The van der Waals surface area contributed by atoms with Crippen molar-refractivity contribution < 1.29 is 14.6 Å². The Kier molecular flexibility index (Phi) is 6.00. The fraction of sp³-hybridized carbons (Fsp3) is 0.417. The number of carbonyl (C=O) groups is 1. The number of aromatic carboxylic acids is 1. The molecule has 0 saturated carbocycles. The van der Waals surface area contributed by atoms with E-state index in [4.69, 9.17) is 9.84 Å². The highest BCUT2D eigenvalue weighted by atomic mass is 79.9. The van der Waals surface area contributed by atoms with Crippen molar-refractivity contribution >= 4 is 27.6 Å². The van der Waals surface area contributed by atoms with Crippen molar-refractivity contribution in [3.8, 4) is 0 Å². The number of anilines is 1. The van der Waals surface area contributed by atoms with Gasteiger partial charge in [-0.1, -0.05) is 15.9 Å². The maximum Gasteiger partial charge on any atom is 0.337 e. The molecule has 0 saturated heterocycles. The van der Waals surface area contributed by atoms with E-state index in [-0.39, 0.29) is 0 Å². The second-order valence-corrected chi connectivity index (χ2v) is 4.54. The number of halogens is 1. The highest BCUT2D eigenvalue weighted by molar-refractivity contribution is 9.10. The Hall–Kier alpha value is -1.07. The fourth-order valence-corrected chi connectivity index (χ4v) is 1.80. The average Bonchev–Trinajstić information content (AvgIpc) is 2.28. The summed E-state index contributed by atoms with van der Waals surface area (Å²) in [6.45, 7) is 1.46. The first-order chi connectivity index (χ1) is 8.15. The Bertz CT molecular complexity index is 382. The number of ether oxygens (including phenoxy) is 1. The summed E-state index contributed by atoms with van der Waals surface area (Å²) in [7, 11) is 1.67. The van der Waals surface area contributed by atoms with Gasteiger partial charge < -0.3 is 15.2 Å². The van der Waals surface area contributed by atoms with E-state index in [0.717, 1.165) is 30.5 Å². The third-order valence-electron chi connectivity index (χ3n) is 2.30. The van der Waals surface area contributed by atoms with Crippen molar-refractivity contribution in [2.75, 3.05) is 25.6 Å². The Morgan fingerprint density at radius 2 is 2.24 bits per heavy atom. The minimum atomic E-state index is -0.920. The molecule has 2 N–H and O–H groups in total. The average molecular weight is 302 g/mol. The number of hydrogen-bond donors (Lipinski definition) is 2. The molecule has 0 aliphatic rings. The van der Waals surface area contributed by atoms with E-state index >= 15 is 0 Å². The van der Waals surface area contributed by atoms with Gasteiger partial charge in [0.15, 0.2) is 0 Å². The van der Waals surface area contributed by atoms with Gasteiger partial charge >= 0.3 is 5.97 Å². The van der Waals surface area contributed by atoms with Crippen molar-refractivity contribution in [2.24, 2.45) is 0 Å². The molecular formula is C12H16BrNO3. The molecule has 0 heterocycles. The Morgan fingerprint density at radius 3 is 2.88 bits per heavy atom. The number of rotatable bonds is 7. The molecular weight excluding hydrogens is 286 g/mol. The molecule has 0 aromatic heterocycles. The van der Waals surface area contributed by atoms with E-state index in [1.54, 1.807) is 25.3 Å². The molecule has 94 valence electrons. The van der Waals surface area contributed by atoms with Gasteiger partial charge in [0.1, 0.15) is 0 Å². The summed E-state index contributed by atoms with van der Waals surface area (Å²) in [5, 5.41) is 12.1. The molecule has 0 aliphatic heterocycles. The zero-order valence-electron chi connectivity index (χ0n) is 9.70. The second kappa shape index (κ2) is 7.29. The van der Waals surface area contributed by atoms with Crippen LogP contribution in [0, 0.1) is 0 Å². The van der Waals surface area contributed by atoms with Gasteiger partial charge in [-0.3, -0.25) is 0 Å². The van der Waals surface area contributed by atoms with Crippen LogP contribution in [0.3, 0.4) is 0 Å². The molecule has 0 atom stereocenters. The zero-order valence-corrected chi connectivity index (χ0v) is 11.3. The van der Waals surface area contributed by atoms with Crippen molar-refractivity contribution in [1.29, 1.82) is 0 Å². The van der Waals surface area contributed by atoms with Crippen LogP contribution < -0.4 is 5.32 Å². The smallest absolute Gasteiger partial charge is 0.337 e.